The number of nitrogens with zero attached hydrogens (tertiary/aromatic N) is 1. The molecule has 2 amide bonds. The highest BCUT2D eigenvalue weighted by atomic mass is 35.5. The zero-order chi connectivity index (χ0) is 21.7. The van der Waals surface area contributed by atoms with Crippen LogP contribution in [0, 0.1) is 5.82 Å². The number of ether oxygens (including phenoxy) is 1. The zero-order valence-electron chi connectivity index (χ0n) is 15.8. The van der Waals surface area contributed by atoms with Gasteiger partial charge >= 0.3 is 0 Å². The smallest absolute Gasteiger partial charge is 0.275 e. The van der Waals surface area contributed by atoms with Gasteiger partial charge in [-0.15, -0.1) is 0 Å². The quantitative estimate of drug-likeness (QED) is 0.610. The summed E-state index contributed by atoms with van der Waals surface area (Å²) in [5.74, 6) is -1.56. The van der Waals surface area contributed by atoms with E-state index in [1.165, 1.54) is 54.3 Å². The number of benzene rings is 2. The Bertz CT molecular complexity index is 1150. The molecule has 1 aromatic heterocycles. The topological polar surface area (TPSA) is 89.4 Å². The van der Waals surface area contributed by atoms with E-state index in [-0.39, 0.29) is 29.2 Å². The third-order valence-electron chi connectivity index (χ3n) is 4.23. The molecule has 0 saturated heterocycles. The largest absolute Gasteiger partial charge is 0.496 e. The van der Waals surface area contributed by atoms with Gasteiger partial charge in [-0.1, -0.05) is 23.7 Å². The van der Waals surface area contributed by atoms with E-state index in [0.29, 0.717) is 10.6 Å². The van der Waals surface area contributed by atoms with Gasteiger partial charge in [0.2, 0.25) is 0 Å². The Kier molecular flexibility index (Phi) is 6.48. The van der Waals surface area contributed by atoms with Crippen LogP contribution in [0.25, 0.3) is 0 Å². The number of nitrogens with one attached hydrogen (secondary N) is 2. The van der Waals surface area contributed by atoms with Crippen LogP contribution in [0.3, 0.4) is 0 Å². The van der Waals surface area contributed by atoms with E-state index >= 15 is 0 Å². The minimum absolute atomic E-state index is 0.118. The second kappa shape index (κ2) is 9.23. The van der Waals surface area contributed by atoms with Gasteiger partial charge in [0.05, 0.1) is 19.2 Å². The molecule has 0 spiro atoms. The van der Waals surface area contributed by atoms with E-state index < -0.39 is 17.4 Å². The Labute approximate surface area is 176 Å². The highest BCUT2D eigenvalue weighted by Crippen LogP contribution is 2.22. The van der Waals surface area contributed by atoms with Gasteiger partial charge in [0.15, 0.2) is 0 Å². The molecule has 0 atom stereocenters. The van der Waals surface area contributed by atoms with Crippen LogP contribution >= 0.6 is 11.6 Å². The number of rotatable bonds is 5. The van der Waals surface area contributed by atoms with Gasteiger partial charge in [0.1, 0.15) is 17.1 Å². The summed E-state index contributed by atoms with van der Waals surface area (Å²) in [6.45, 7) is 0.159. The Balaban J connectivity index is 1.73. The highest BCUT2D eigenvalue weighted by molar-refractivity contribution is 6.31. The Morgan fingerprint density at radius 1 is 1.03 bits per heavy atom. The summed E-state index contributed by atoms with van der Waals surface area (Å²) in [5, 5.41) is 0.319. The van der Waals surface area contributed by atoms with Crippen molar-refractivity contribution in [3.05, 3.63) is 98.7 Å². The van der Waals surface area contributed by atoms with E-state index in [0.717, 1.165) is 0 Å². The van der Waals surface area contributed by atoms with E-state index in [1.54, 1.807) is 18.2 Å². The van der Waals surface area contributed by atoms with Crippen LogP contribution in [0.4, 0.5) is 4.39 Å². The number of carbonyl (C=O) groups is 2. The van der Waals surface area contributed by atoms with Crippen molar-refractivity contribution in [3.63, 3.8) is 0 Å². The number of methoxy groups -OCH3 is 1. The summed E-state index contributed by atoms with van der Waals surface area (Å²) in [5.41, 5.74) is 4.52. The second-order valence-corrected chi connectivity index (χ2v) is 6.67. The lowest BCUT2D eigenvalue weighted by molar-refractivity contribution is 0.0843. The predicted molar refractivity (Wildman–Crippen MR) is 109 cm³/mol. The van der Waals surface area contributed by atoms with Gasteiger partial charge in [-0.25, -0.2) is 4.39 Å². The first-order valence-electron chi connectivity index (χ1n) is 8.77. The molecule has 0 saturated carbocycles. The SMILES string of the molecule is COc1ccc(Cl)cc1C(=O)NNC(=O)c1cccn(Cc2ccc(F)cc2)c1=O. The van der Waals surface area contributed by atoms with Crippen LogP contribution in [0.15, 0.2) is 65.6 Å². The van der Waals surface area contributed by atoms with E-state index in [2.05, 4.69) is 10.9 Å². The number of amides is 2. The fraction of sp³-hybridized carbons (Fsp3) is 0.0952. The minimum Gasteiger partial charge on any atom is -0.496 e. The molecule has 154 valence electrons. The number of hydrogen-bond acceptors (Lipinski definition) is 4. The van der Waals surface area contributed by atoms with Crippen molar-refractivity contribution in [2.45, 2.75) is 6.54 Å². The van der Waals surface area contributed by atoms with Gasteiger partial charge < -0.3 is 9.30 Å². The molecular formula is C21H17ClFN3O4. The van der Waals surface area contributed by atoms with Crippen LogP contribution in [0.5, 0.6) is 5.75 Å². The molecule has 1 heterocycles. The van der Waals surface area contributed by atoms with Crippen LogP contribution in [-0.2, 0) is 6.54 Å². The minimum atomic E-state index is -0.789. The lowest BCUT2D eigenvalue weighted by Gasteiger charge is -2.11. The van der Waals surface area contributed by atoms with Crippen molar-refractivity contribution in [2.75, 3.05) is 7.11 Å². The van der Waals surface area contributed by atoms with E-state index in [4.69, 9.17) is 16.3 Å². The standard InChI is InChI=1S/C21H17ClFN3O4/c1-30-18-9-6-14(22)11-17(18)20(28)25-24-19(27)16-3-2-10-26(21(16)29)12-13-4-7-15(23)8-5-13/h2-11H,12H2,1H3,(H,24,27)(H,25,28). The zero-order valence-corrected chi connectivity index (χ0v) is 16.6. The number of carbonyl (C=O) groups excluding carboxylic acids is 2. The van der Waals surface area contributed by atoms with E-state index in [1.807, 2.05) is 0 Å². The molecule has 3 rings (SSSR count). The van der Waals surface area contributed by atoms with Crippen molar-refractivity contribution in [1.29, 1.82) is 0 Å². The monoisotopic (exact) mass is 429 g/mol. The molecule has 2 aromatic carbocycles. The van der Waals surface area contributed by atoms with Gasteiger partial charge in [-0.3, -0.25) is 25.2 Å². The van der Waals surface area contributed by atoms with Gasteiger partial charge in [-0.05, 0) is 48.0 Å². The highest BCUT2D eigenvalue weighted by Gasteiger charge is 2.16. The Hall–Kier alpha value is -3.65. The summed E-state index contributed by atoms with van der Waals surface area (Å²) in [4.78, 5) is 37.4. The molecule has 2 N–H and O–H groups in total. The van der Waals surface area contributed by atoms with Crippen molar-refractivity contribution in [2.24, 2.45) is 0 Å². The summed E-state index contributed by atoms with van der Waals surface area (Å²) in [6, 6.07) is 13.0. The van der Waals surface area contributed by atoms with Gasteiger partial charge in [0.25, 0.3) is 17.4 Å². The molecule has 0 fully saturated rings. The average Bonchev–Trinajstić information content (AvgIpc) is 2.74. The maximum atomic E-state index is 13.0. The first kappa shape index (κ1) is 21.1. The van der Waals surface area contributed by atoms with Crippen LogP contribution < -0.4 is 21.1 Å². The molecule has 9 heteroatoms. The normalized spacial score (nSPS) is 10.4. The Morgan fingerprint density at radius 3 is 2.37 bits per heavy atom. The second-order valence-electron chi connectivity index (χ2n) is 6.23. The molecule has 3 aromatic rings. The lowest BCUT2D eigenvalue weighted by atomic mass is 10.2. The van der Waals surface area contributed by atoms with Crippen molar-refractivity contribution in [1.82, 2.24) is 15.4 Å². The molecular weight excluding hydrogens is 413 g/mol. The van der Waals surface area contributed by atoms with Crippen LogP contribution in [0.1, 0.15) is 26.3 Å². The number of pyridine rings is 1. The first-order chi connectivity index (χ1) is 14.4. The summed E-state index contributed by atoms with van der Waals surface area (Å²) in [6.07, 6.45) is 1.51. The molecule has 30 heavy (non-hydrogen) atoms. The third-order valence-corrected chi connectivity index (χ3v) is 4.46. The summed E-state index contributed by atoms with van der Waals surface area (Å²) in [7, 11) is 1.39. The van der Waals surface area contributed by atoms with Crippen molar-refractivity contribution >= 4 is 23.4 Å². The lowest BCUT2D eigenvalue weighted by Crippen LogP contribution is -2.44. The predicted octanol–water partition coefficient (Wildman–Crippen LogP) is 2.77. The molecule has 0 aliphatic carbocycles. The first-order valence-corrected chi connectivity index (χ1v) is 9.15. The summed E-state index contributed by atoms with van der Waals surface area (Å²) < 4.78 is 19.5. The number of halogens is 2. The van der Waals surface area contributed by atoms with Crippen molar-refractivity contribution in [3.8, 4) is 5.75 Å². The Morgan fingerprint density at radius 2 is 1.70 bits per heavy atom. The molecule has 0 bridgehead atoms. The van der Waals surface area contributed by atoms with Gasteiger partial charge in [0, 0.05) is 11.2 Å². The number of hydrazine groups is 1. The number of aromatic nitrogens is 1. The third kappa shape index (κ3) is 4.84. The molecule has 0 unspecified atom stereocenters. The van der Waals surface area contributed by atoms with E-state index in [9.17, 15) is 18.8 Å². The maximum absolute atomic E-state index is 13.0. The molecule has 0 aliphatic rings. The van der Waals surface area contributed by atoms with Crippen LogP contribution in [-0.4, -0.2) is 23.5 Å². The maximum Gasteiger partial charge on any atom is 0.275 e. The summed E-state index contributed by atoms with van der Waals surface area (Å²) >= 11 is 5.90. The van der Waals surface area contributed by atoms with Crippen LogP contribution in [0.2, 0.25) is 5.02 Å². The molecule has 0 radical (unpaired) electrons. The fourth-order valence-corrected chi connectivity index (χ4v) is 2.90. The average molecular weight is 430 g/mol. The molecule has 0 aliphatic heterocycles. The number of hydrogen-bond donors (Lipinski definition) is 2. The van der Waals surface area contributed by atoms with Gasteiger partial charge in [-0.2, -0.15) is 0 Å². The molecule has 7 nitrogen and oxygen atoms in total. The fourth-order valence-electron chi connectivity index (χ4n) is 2.73. The van der Waals surface area contributed by atoms with Crippen molar-refractivity contribution < 1.29 is 18.7 Å².